The van der Waals surface area contributed by atoms with Gasteiger partial charge in [-0.05, 0) is 35.6 Å². The largest absolute Gasteiger partial charge is 0.380 e. The minimum absolute atomic E-state index is 0.0179. The Morgan fingerprint density at radius 3 is 2.92 bits per heavy atom. The number of nitrogens with zero attached hydrogens (tertiary/aromatic N) is 1. The molecule has 1 aromatic rings. The van der Waals surface area contributed by atoms with Crippen molar-refractivity contribution in [2.24, 2.45) is 0 Å². The molecule has 0 aliphatic rings. The zero-order valence-corrected chi connectivity index (χ0v) is 9.82. The maximum absolute atomic E-state index is 11.3. The SMILES string of the molecule is COC(C)Cn1cc(I)ccc1=O. The van der Waals surface area contributed by atoms with Gasteiger partial charge in [0, 0.05) is 22.9 Å². The number of halogens is 1. The van der Waals surface area contributed by atoms with Crippen molar-refractivity contribution in [1.82, 2.24) is 4.57 Å². The summed E-state index contributed by atoms with van der Waals surface area (Å²) >= 11 is 2.18. The van der Waals surface area contributed by atoms with Crippen LogP contribution in [0.15, 0.2) is 23.1 Å². The van der Waals surface area contributed by atoms with Crippen molar-refractivity contribution in [1.29, 1.82) is 0 Å². The predicted molar refractivity (Wildman–Crippen MR) is 59.9 cm³/mol. The Morgan fingerprint density at radius 1 is 1.62 bits per heavy atom. The van der Waals surface area contributed by atoms with E-state index in [1.165, 1.54) is 0 Å². The van der Waals surface area contributed by atoms with Gasteiger partial charge in [-0.15, -0.1) is 0 Å². The maximum atomic E-state index is 11.3. The van der Waals surface area contributed by atoms with Gasteiger partial charge in [0.1, 0.15) is 0 Å². The van der Waals surface area contributed by atoms with E-state index in [4.69, 9.17) is 4.74 Å². The van der Waals surface area contributed by atoms with Crippen molar-refractivity contribution in [2.75, 3.05) is 7.11 Å². The molecule has 1 atom stereocenters. The van der Waals surface area contributed by atoms with Crippen molar-refractivity contribution < 1.29 is 4.74 Å². The Hall–Kier alpha value is -0.360. The number of aromatic nitrogens is 1. The molecule has 0 spiro atoms. The Kier molecular flexibility index (Phi) is 3.92. The normalized spacial score (nSPS) is 12.8. The summed E-state index contributed by atoms with van der Waals surface area (Å²) in [6, 6.07) is 3.38. The summed E-state index contributed by atoms with van der Waals surface area (Å²) in [6.07, 6.45) is 1.90. The second-order valence-electron chi connectivity index (χ2n) is 2.88. The molecule has 0 aliphatic carbocycles. The molecule has 4 heteroatoms. The van der Waals surface area contributed by atoms with E-state index < -0.39 is 0 Å². The standard InChI is InChI=1S/C9H12INO2/c1-7(13-2)5-11-6-8(10)3-4-9(11)12/h3-4,6-7H,5H2,1-2H3. The smallest absolute Gasteiger partial charge is 0.250 e. The monoisotopic (exact) mass is 293 g/mol. The summed E-state index contributed by atoms with van der Waals surface area (Å²) < 4.78 is 7.81. The van der Waals surface area contributed by atoms with E-state index >= 15 is 0 Å². The molecule has 13 heavy (non-hydrogen) atoms. The lowest BCUT2D eigenvalue weighted by Gasteiger charge is -2.11. The molecule has 0 saturated carbocycles. The minimum Gasteiger partial charge on any atom is -0.380 e. The van der Waals surface area contributed by atoms with E-state index in [-0.39, 0.29) is 11.7 Å². The van der Waals surface area contributed by atoms with Crippen LogP contribution in [0.25, 0.3) is 0 Å². The summed E-state index contributed by atoms with van der Waals surface area (Å²) in [5.41, 5.74) is 0.0179. The van der Waals surface area contributed by atoms with E-state index in [1.54, 1.807) is 23.8 Å². The molecule has 0 aliphatic heterocycles. The first-order valence-electron chi connectivity index (χ1n) is 4.02. The lowest BCUT2D eigenvalue weighted by atomic mass is 10.4. The summed E-state index contributed by atoms with van der Waals surface area (Å²) in [6.45, 7) is 2.54. The van der Waals surface area contributed by atoms with Crippen LogP contribution in [0.3, 0.4) is 0 Å². The molecule has 1 heterocycles. The van der Waals surface area contributed by atoms with E-state index in [9.17, 15) is 4.79 Å². The van der Waals surface area contributed by atoms with Gasteiger partial charge in [-0.3, -0.25) is 4.79 Å². The highest BCUT2D eigenvalue weighted by Gasteiger charge is 2.02. The average molecular weight is 293 g/mol. The van der Waals surface area contributed by atoms with Crippen LogP contribution in [0.4, 0.5) is 0 Å². The van der Waals surface area contributed by atoms with Gasteiger partial charge in [-0.1, -0.05) is 0 Å². The summed E-state index contributed by atoms with van der Waals surface area (Å²) in [4.78, 5) is 11.3. The van der Waals surface area contributed by atoms with Gasteiger partial charge < -0.3 is 9.30 Å². The van der Waals surface area contributed by atoms with Gasteiger partial charge in [0.2, 0.25) is 0 Å². The highest BCUT2D eigenvalue weighted by atomic mass is 127. The van der Waals surface area contributed by atoms with Gasteiger partial charge in [0.25, 0.3) is 5.56 Å². The molecule has 1 aromatic heterocycles. The number of methoxy groups -OCH3 is 1. The third-order valence-corrected chi connectivity index (χ3v) is 2.44. The van der Waals surface area contributed by atoms with Gasteiger partial charge in [-0.2, -0.15) is 0 Å². The Balaban J connectivity index is 2.87. The van der Waals surface area contributed by atoms with Gasteiger partial charge in [0.05, 0.1) is 12.6 Å². The van der Waals surface area contributed by atoms with Crippen LogP contribution in [0, 0.1) is 3.57 Å². The minimum atomic E-state index is 0.0179. The maximum Gasteiger partial charge on any atom is 0.250 e. The molecule has 0 bridgehead atoms. The van der Waals surface area contributed by atoms with E-state index in [0.29, 0.717) is 6.54 Å². The van der Waals surface area contributed by atoms with Crippen molar-refractivity contribution in [3.05, 3.63) is 32.3 Å². The topological polar surface area (TPSA) is 31.2 Å². The van der Waals surface area contributed by atoms with E-state index in [2.05, 4.69) is 22.6 Å². The molecule has 72 valence electrons. The first-order chi connectivity index (χ1) is 6.13. The molecule has 0 amide bonds. The number of hydrogen-bond donors (Lipinski definition) is 0. The van der Waals surface area contributed by atoms with Crippen molar-refractivity contribution >= 4 is 22.6 Å². The fraction of sp³-hybridized carbons (Fsp3) is 0.444. The molecule has 0 N–H and O–H groups in total. The molecule has 0 saturated heterocycles. The third kappa shape index (κ3) is 3.11. The zero-order chi connectivity index (χ0) is 9.84. The fourth-order valence-electron chi connectivity index (χ4n) is 0.996. The van der Waals surface area contributed by atoms with Gasteiger partial charge in [0.15, 0.2) is 0 Å². The first kappa shape index (κ1) is 10.7. The van der Waals surface area contributed by atoms with Gasteiger partial charge in [-0.25, -0.2) is 0 Å². The van der Waals surface area contributed by atoms with E-state index in [1.807, 2.05) is 13.1 Å². The number of hydrogen-bond acceptors (Lipinski definition) is 2. The lowest BCUT2D eigenvalue weighted by molar-refractivity contribution is 0.102. The third-order valence-electron chi connectivity index (χ3n) is 1.80. The highest BCUT2D eigenvalue weighted by Crippen LogP contribution is 2.01. The Labute approximate surface area is 90.9 Å². The van der Waals surface area contributed by atoms with Crippen LogP contribution in [-0.4, -0.2) is 17.8 Å². The number of rotatable bonds is 3. The van der Waals surface area contributed by atoms with Crippen molar-refractivity contribution in [2.45, 2.75) is 19.6 Å². The molecular weight excluding hydrogens is 281 g/mol. The second kappa shape index (κ2) is 4.76. The predicted octanol–water partition coefficient (Wildman–Crippen LogP) is 1.49. The van der Waals surface area contributed by atoms with E-state index in [0.717, 1.165) is 3.57 Å². The average Bonchev–Trinajstić information content (AvgIpc) is 2.11. The summed E-state index contributed by atoms with van der Waals surface area (Å²) in [5, 5.41) is 0. The second-order valence-corrected chi connectivity index (χ2v) is 4.13. The van der Waals surface area contributed by atoms with Crippen LogP contribution in [0.5, 0.6) is 0 Å². The van der Waals surface area contributed by atoms with Crippen molar-refractivity contribution in [3.63, 3.8) is 0 Å². The lowest BCUT2D eigenvalue weighted by Crippen LogP contribution is -2.25. The summed E-state index contributed by atoms with van der Waals surface area (Å²) in [7, 11) is 1.64. The van der Waals surface area contributed by atoms with Crippen molar-refractivity contribution in [3.8, 4) is 0 Å². The fourth-order valence-corrected chi connectivity index (χ4v) is 1.51. The zero-order valence-electron chi connectivity index (χ0n) is 7.66. The molecule has 3 nitrogen and oxygen atoms in total. The number of ether oxygens (including phenoxy) is 1. The van der Waals surface area contributed by atoms with Crippen LogP contribution in [-0.2, 0) is 11.3 Å². The Bertz CT molecular complexity index is 335. The first-order valence-corrected chi connectivity index (χ1v) is 5.10. The molecule has 0 radical (unpaired) electrons. The van der Waals surface area contributed by atoms with Crippen LogP contribution in [0.2, 0.25) is 0 Å². The quantitative estimate of drug-likeness (QED) is 0.791. The number of pyridine rings is 1. The summed E-state index contributed by atoms with van der Waals surface area (Å²) in [5.74, 6) is 0. The highest BCUT2D eigenvalue weighted by molar-refractivity contribution is 14.1. The molecular formula is C9H12INO2. The van der Waals surface area contributed by atoms with Crippen LogP contribution < -0.4 is 5.56 Å². The van der Waals surface area contributed by atoms with Crippen LogP contribution >= 0.6 is 22.6 Å². The Morgan fingerprint density at radius 2 is 2.31 bits per heavy atom. The molecule has 1 rings (SSSR count). The van der Waals surface area contributed by atoms with Gasteiger partial charge >= 0.3 is 0 Å². The molecule has 1 unspecified atom stereocenters. The molecule has 0 fully saturated rings. The molecule has 0 aromatic carbocycles. The van der Waals surface area contributed by atoms with Crippen LogP contribution in [0.1, 0.15) is 6.92 Å².